The number of aliphatic hydroxyl groups excluding tert-OH is 1. The van der Waals surface area contributed by atoms with E-state index in [4.69, 9.17) is 5.11 Å². The molecule has 0 amide bonds. The summed E-state index contributed by atoms with van der Waals surface area (Å²) < 4.78 is 0. The van der Waals surface area contributed by atoms with Gasteiger partial charge < -0.3 is 10.4 Å². The highest BCUT2D eigenvalue weighted by molar-refractivity contribution is 7.13. The maximum atomic E-state index is 9.13. The quantitative estimate of drug-likeness (QED) is 0.887. The Hall–Kier alpha value is -0.940. The Bertz CT molecular complexity index is 459. The first kappa shape index (κ1) is 15.1. The van der Waals surface area contributed by atoms with Gasteiger partial charge in [-0.3, -0.25) is 0 Å². The van der Waals surface area contributed by atoms with E-state index in [1.165, 1.54) is 0 Å². The van der Waals surface area contributed by atoms with Gasteiger partial charge in [-0.1, -0.05) is 30.3 Å². The highest BCUT2D eigenvalue weighted by Gasteiger charge is 2.04. The van der Waals surface area contributed by atoms with Crippen LogP contribution < -0.4 is 5.32 Å². The molecule has 3 nitrogen and oxygen atoms in total. The van der Waals surface area contributed by atoms with Crippen molar-refractivity contribution in [2.45, 2.75) is 19.6 Å². The number of nitrogens with one attached hydrogen (secondary N) is 1. The highest BCUT2D eigenvalue weighted by atomic mass is 35.5. The predicted molar refractivity (Wildman–Crippen MR) is 78.2 cm³/mol. The molecule has 5 heteroatoms. The third-order valence-electron chi connectivity index (χ3n) is 2.32. The van der Waals surface area contributed by atoms with E-state index in [0.29, 0.717) is 13.1 Å². The molecule has 0 spiro atoms. The SMILES string of the molecule is CC(O)CNCc1csc(-c2ccccc2)n1.Cl. The third-order valence-corrected chi connectivity index (χ3v) is 3.26. The second-order valence-corrected chi connectivity index (χ2v) is 4.85. The maximum Gasteiger partial charge on any atom is 0.123 e. The lowest BCUT2D eigenvalue weighted by Crippen LogP contribution is -2.23. The second-order valence-electron chi connectivity index (χ2n) is 3.99. The van der Waals surface area contributed by atoms with Crippen LogP contribution in [0.2, 0.25) is 0 Å². The molecule has 1 aromatic heterocycles. The number of aromatic nitrogens is 1. The molecule has 0 saturated heterocycles. The molecule has 0 radical (unpaired) electrons. The van der Waals surface area contributed by atoms with E-state index in [1.807, 2.05) is 18.2 Å². The molecule has 18 heavy (non-hydrogen) atoms. The van der Waals surface area contributed by atoms with E-state index in [2.05, 4.69) is 27.8 Å². The van der Waals surface area contributed by atoms with Crippen molar-refractivity contribution < 1.29 is 5.11 Å². The molecule has 1 atom stereocenters. The van der Waals surface area contributed by atoms with Crippen LogP contribution in [0.15, 0.2) is 35.7 Å². The molecule has 0 fully saturated rings. The van der Waals surface area contributed by atoms with Gasteiger partial charge in [0.05, 0.1) is 11.8 Å². The summed E-state index contributed by atoms with van der Waals surface area (Å²) in [5.41, 5.74) is 2.17. The summed E-state index contributed by atoms with van der Waals surface area (Å²) in [5, 5.41) is 15.4. The van der Waals surface area contributed by atoms with Gasteiger partial charge >= 0.3 is 0 Å². The summed E-state index contributed by atoms with van der Waals surface area (Å²) in [6.45, 7) is 3.07. The fourth-order valence-corrected chi connectivity index (χ4v) is 2.34. The van der Waals surface area contributed by atoms with Gasteiger partial charge in [-0.05, 0) is 6.92 Å². The molecule has 2 aromatic rings. The normalized spacial score (nSPS) is 11.9. The fraction of sp³-hybridized carbons (Fsp3) is 0.308. The van der Waals surface area contributed by atoms with Gasteiger partial charge in [0.1, 0.15) is 5.01 Å². The number of aliphatic hydroxyl groups is 1. The van der Waals surface area contributed by atoms with Crippen molar-refractivity contribution in [1.82, 2.24) is 10.3 Å². The smallest absolute Gasteiger partial charge is 0.123 e. The van der Waals surface area contributed by atoms with Gasteiger partial charge in [0.25, 0.3) is 0 Å². The summed E-state index contributed by atoms with van der Waals surface area (Å²) in [4.78, 5) is 4.55. The van der Waals surface area contributed by atoms with Crippen LogP contribution in [0.25, 0.3) is 10.6 Å². The van der Waals surface area contributed by atoms with Crippen LogP contribution in [0.1, 0.15) is 12.6 Å². The van der Waals surface area contributed by atoms with Crippen LogP contribution in [0, 0.1) is 0 Å². The zero-order chi connectivity index (χ0) is 12.1. The van der Waals surface area contributed by atoms with Crippen molar-refractivity contribution in [2.24, 2.45) is 0 Å². The van der Waals surface area contributed by atoms with Crippen molar-refractivity contribution in [3.63, 3.8) is 0 Å². The van der Waals surface area contributed by atoms with Gasteiger partial charge in [-0.2, -0.15) is 0 Å². The highest BCUT2D eigenvalue weighted by Crippen LogP contribution is 2.22. The molecule has 1 aromatic carbocycles. The lowest BCUT2D eigenvalue weighted by Gasteiger charge is -2.04. The van der Waals surface area contributed by atoms with Crippen LogP contribution in [0.4, 0.5) is 0 Å². The Morgan fingerprint density at radius 1 is 1.33 bits per heavy atom. The Morgan fingerprint density at radius 3 is 2.72 bits per heavy atom. The summed E-state index contributed by atoms with van der Waals surface area (Å²) >= 11 is 1.65. The van der Waals surface area contributed by atoms with E-state index >= 15 is 0 Å². The van der Waals surface area contributed by atoms with Crippen LogP contribution in [0.3, 0.4) is 0 Å². The number of rotatable bonds is 5. The Balaban J connectivity index is 0.00000162. The molecular formula is C13H17ClN2OS. The zero-order valence-corrected chi connectivity index (χ0v) is 11.8. The Kier molecular flexibility index (Phi) is 6.29. The second kappa shape index (κ2) is 7.48. The Labute approximate surface area is 117 Å². The van der Waals surface area contributed by atoms with E-state index in [-0.39, 0.29) is 18.5 Å². The van der Waals surface area contributed by atoms with Crippen LogP contribution >= 0.6 is 23.7 Å². The van der Waals surface area contributed by atoms with E-state index < -0.39 is 0 Å². The fourth-order valence-electron chi connectivity index (χ4n) is 1.51. The van der Waals surface area contributed by atoms with E-state index in [0.717, 1.165) is 16.3 Å². The summed E-state index contributed by atoms with van der Waals surface area (Å²) in [6.07, 6.45) is -0.317. The molecule has 0 bridgehead atoms. The molecular weight excluding hydrogens is 268 g/mol. The average molecular weight is 285 g/mol. The monoisotopic (exact) mass is 284 g/mol. The lowest BCUT2D eigenvalue weighted by atomic mass is 10.2. The number of thiazole rings is 1. The summed E-state index contributed by atoms with van der Waals surface area (Å²) in [5.74, 6) is 0. The van der Waals surface area contributed by atoms with Crippen molar-refractivity contribution in [3.8, 4) is 10.6 Å². The molecule has 0 aliphatic carbocycles. The number of nitrogens with zero attached hydrogens (tertiary/aromatic N) is 1. The average Bonchev–Trinajstić information content (AvgIpc) is 2.78. The van der Waals surface area contributed by atoms with Gasteiger partial charge in [-0.25, -0.2) is 4.98 Å². The lowest BCUT2D eigenvalue weighted by molar-refractivity contribution is 0.191. The summed E-state index contributed by atoms with van der Waals surface area (Å²) in [7, 11) is 0. The number of hydrogen-bond donors (Lipinski definition) is 2. The first-order chi connectivity index (χ1) is 8.25. The van der Waals surface area contributed by atoms with Gasteiger partial charge in [0, 0.05) is 24.0 Å². The topological polar surface area (TPSA) is 45.1 Å². The summed E-state index contributed by atoms with van der Waals surface area (Å²) in [6, 6.07) is 10.2. The van der Waals surface area contributed by atoms with Crippen molar-refractivity contribution in [1.29, 1.82) is 0 Å². The van der Waals surface area contributed by atoms with Gasteiger partial charge in [0.15, 0.2) is 0 Å². The number of halogens is 1. The van der Waals surface area contributed by atoms with Crippen molar-refractivity contribution in [3.05, 3.63) is 41.4 Å². The van der Waals surface area contributed by atoms with Gasteiger partial charge in [-0.15, -0.1) is 23.7 Å². The molecule has 2 rings (SSSR count). The third kappa shape index (κ3) is 4.38. The van der Waals surface area contributed by atoms with Crippen molar-refractivity contribution >= 4 is 23.7 Å². The first-order valence-corrected chi connectivity index (χ1v) is 6.52. The number of hydrogen-bond acceptors (Lipinski definition) is 4. The molecule has 1 heterocycles. The molecule has 2 N–H and O–H groups in total. The minimum atomic E-state index is -0.317. The van der Waals surface area contributed by atoms with Gasteiger partial charge in [0.2, 0.25) is 0 Å². The standard InChI is InChI=1S/C13H16N2OS.ClH/c1-10(16)7-14-8-12-9-17-13(15-12)11-5-3-2-4-6-11;/h2-6,9-10,14,16H,7-8H2,1H3;1H. The predicted octanol–water partition coefficient (Wildman–Crippen LogP) is 2.70. The van der Waals surface area contributed by atoms with Crippen molar-refractivity contribution in [2.75, 3.05) is 6.54 Å². The minimum absolute atomic E-state index is 0. The van der Waals surface area contributed by atoms with E-state index in [9.17, 15) is 0 Å². The van der Waals surface area contributed by atoms with Crippen LogP contribution in [-0.4, -0.2) is 22.7 Å². The maximum absolute atomic E-state index is 9.13. The Morgan fingerprint density at radius 2 is 2.06 bits per heavy atom. The minimum Gasteiger partial charge on any atom is -0.392 e. The van der Waals surface area contributed by atoms with Crippen LogP contribution in [-0.2, 0) is 6.54 Å². The first-order valence-electron chi connectivity index (χ1n) is 5.64. The molecule has 98 valence electrons. The largest absolute Gasteiger partial charge is 0.392 e. The van der Waals surface area contributed by atoms with E-state index in [1.54, 1.807) is 18.3 Å². The molecule has 0 aliphatic heterocycles. The molecule has 0 saturated carbocycles. The number of benzene rings is 1. The van der Waals surface area contributed by atoms with Crippen LogP contribution in [0.5, 0.6) is 0 Å². The zero-order valence-electron chi connectivity index (χ0n) is 10.2. The molecule has 0 aliphatic rings. The molecule has 1 unspecified atom stereocenters.